The van der Waals surface area contributed by atoms with Crippen LogP contribution in [0.25, 0.3) is 42.7 Å². The number of guanidine groups is 1. The van der Waals surface area contributed by atoms with Crippen LogP contribution in [-0.4, -0.2) is 5.96 Å². The molecule has 0 spiro atoms. The minimum absolute atomic E-state index is 0.365. The zero-order valence-corrected chi connectivity index (χ0v) is 18.9. The molecule has 0 unspecified atom stereocenters. The molecule has 0 fully saturated rings. The molecule has 3 nitrogen and oxygen atoms in total. The molecule has 0 radical (unpaired) electrons. The maximum absolute atomic E-state index is 6.35. The van der Waals surface area contributed by atoms with Gasteiger partial charge in [-0.2, -0.15) is 0 Å². The number of nitrogens with zero attached hydrogens (tertiary/aromatic N) is 1. The van der Waals surface area contributed by atoms with E-state index >= 15 is 0 Å². The van der Waals surface area contributed by atoms with Crippen LogP contribution in [0.5, 0.6) is 0 Å². The third-order valence-electron chi connectivity index (χ3n) is 5.71. The Morgan fingerprint density at radius 2 is 1.33 bits per heavy atom. The number of nitrogens with two attached hydrogens (primary N) is 1. The van der Waals surface area contributed by atoms with E-state index in [1.807, 2.05) is 6.07 Å². The number of aliphatic imine (C=N–C) groups is 1. The average Bonchev–Trinajstić information content (AvgIpc) is 3.27. The van der Waals surface area contributed by atoms with E-state index in [0.717, 1.165) is 31.5 Å². The van der Waals surface area contributed by atoms with Crippen molar-refractivity contribution in [3.8, 4) is 0 Å². The highest BCUT2D eigenvalue weighted by molar-refractivity contribution is 9.15. The molecule has 2 aliphatic rings. The lowest BCUT2D eigenvalue weighted by atomic mass is 10.0. The molecule has 4 aromatic carbocycles. The largest absolute Gasteiger partial charge is 0.369 e. The molecule has 6 rings (SSSR count). The molecule has 0 saturated heterocycles. The van der Waals surface area contributed by atoms with Crippen molar-refractivity contribution in [2.24, 2.45) is 10.7 Å². The van der Waals surface area contributed by atoms with Gasteiger partial charge in [0.2, 0.25) is 0 Å². The second kappa shape index (κ2) is 6.56. The van der Waals surface area contributed by atoms with E-state index in [1.165, 1.54) is 32.7 Å². The summed E-state index contributed by atoms with van der Waals surface area (Å²) in [6.45, 7) is 0. The highest BCUT2D eigenvalue weighted by atomic mass is 79.9. The van der Waals surface area contributed by atoms with E-state index in [0.29, 0.717) is 5.96 Å². The standard InChI is InChI=1S/C25H15Br2N3/c26-19-11-17-21(9-7-13-3-1-5-15(19)23(13)17)29-25(28)30-22-10-8-14-4-2-6-16-20(27)12-18(22)24(14)16/h1-12H,(H3,28,29,30). The first kappa shape index (κ1) is 17.9. The van der Waals surface area contributed by atoms with Crippen molar-refractivity contribution in [1.29, 1.82) is 0 Å². The Labute approximate surface area is 190 Å². The SMILES string of the molecule is NC(=Nc1ccc2cccc3c2c1C=C3Br)Nc1ccc2cccc3c2c1C=C3Br. The van der Waals surface area contributed by atoms with Crippen LogP contribution >= 0.6 is 31.9 Å². The van der Waals surface area contributed by atoms with E-state index in [9.17, 15) is 0 Å². The fourth-order valence-electron chi connectivity index (χ4n) is 4.41. The molecule has 0 aromatic heterocycles. The van der Waals surface area contributed by atoms with Gasteiger partial charge in [-0.15, -0.1) is 0 Å². The van der Waals surface area contributed by atoms with Crippen molar-refractivity contribution < 1.29 is 0 Å². The highest BCUT2D eigenvalue weighted by Gasteiger charge is 2.19. The summed E-state index contributed by atoms with van der Waals surface area (Å²) >= 11 is 7.35. The van der Waals surface area contributed by atoms with Crippen molar-refractivity contribution in [2.75, 3.05) is 5.32 Å². The van der Waals surface area contributed by atoms with E-state index < -0.39 is 0 Å². The number of nitrogens with one attached hydrogen (secondary N) is 1. The first-order valence-corrected chi connectivity index (χ1v) is 11.2. The van der Waals surface area contributed by atoms with Crippen LogP contribution in [0.1, 0.15) is 22.3 Å². The minimum atomic E-state index is 0.365. The number of rotatable bonds is 2. The lowest BCUT2D eigenvalue weighted by Crippen LogP contribution is -2.22. The summed E-state index contributed by atoms with van der Waals surface area (Å²) in [6.07, 6.45) is 4.25. The van der Waals surface area contributed by atoms with Gasteiger partial charge in [-0.3, -0.25) is 0 Å². The number of anilines is 1. The Balaban J connectivity index is 1.43. The van der Waals surface area contributed by atoms with Crippen LogP contribution < -0.4 is 11.1 Å². The Kier molecular flexibility index (Phi) is 3.92. The predicted molar refractivity (Wildman–Crippen MR) is 136 cm³/mol. The van der Waals surface area contributed by atoms with Crippen LogP contribution in [0.15, 0.2) is 65.7 Å². The third-order valence-corrected chi connectivity index (χ3v) is 7.02. The van der Waals surface area contributed by atoms with Gasteiger partial charge in [0.05, 0.1) is 5.69 Å². The molecule has 4 aromatic rings. The summed E-state index contributed by atoms with van der Waals surface area (Å²) in [7, 11) is 0. The summed E-state index contributed by atoms with van der Waals surface area (Å²) < 4.78 is 2.15. The van der Waals surface area contributed by atoms with E-state index in [2.05, 4.69) is 104 Å². The van der Waals surface area contributed by atoms with Gasteiger partial charge in [-0.05, 0) is 57.0 Å². The molecule has 0 bridgehead atoms. The maximum atomic E-state index is 6.35. The molecule has 0 atom stereocenters. The van der Waals surface area contributed by atoms with Gasteiger partial charge in [0.15, 0.2) is 5.96 Å². The number of halogens is 2. The topological polar surface area (TPSA) is 50.4 Å². The van der Waals surface area contributed by atoms with Crippen molar-refractivity contribution in [2.45, 2.75) is 0 Å². The van der Waals surface area contributed by atoms with Crippen molar-refractivity contribution in [3.05, 3.63) is 82.9 Å². The zero-order chi connectivity index (χ0) is 20.4. The first-order valence-electron chi connectivity index (χ1n) is 9.58. The lowest BCUT2D eigenvalue weighted by Gasteiger charge is -2.12. The third kappa shape index (κ3) is 2.59. The van der Waals surface area contributed by atoms with E-state index in [1.54, 1.807) is 0 Å². The summed E-state index contributed by atoms with van der Waals surface area (Å²) in [5.41, 5.74) is 12.8. The zero-order valence-electron chi connectivity index (χ0n) is 15.7. The van der Waals surface area contributed by atoms with Crippen molar-refractivity contribution >= 4 is 91.9 Å². The molecule has 0 aliphatic heterocycles. The van der Waals surface area contributed by atoms with Gasteiger partial charge in [-0.1, -0.05) is 80.4 Å². The molecule has 5 heteroatoms. The monoisotopic (exact) mass is 515 g/mol. The Morgan fingerprint density at radius 1 is 0.733 bits per heavy atom. The minimum Gasteiger partial charge on any atom is -0.369 e. The summed E-state index contributed by atoms with van der Waals surface area (Å²) in [6, 6.07) is 20.9. The van der Waals surface area contributed by atoms with Gasteiger partial charge in [0, 0.05) is 25.8 Å². The fourth-order valence-corrected chi connectivity index (χ4v) is 5.53. The summed E-state index contributed by atoms with van der Waals surface area (Å²) in [4.78, 5) is 4.72. The van der Waals surface area contributed by atoms with E-state index in [-0.39, 0.29) is 0 Å². The van der Waals surface area contributed by atoms with Crippen LogP contribution in [0.3, 0.4) is 0 Å². The Hall–Kier alpha value is -2.89. The van der Waals surface area contributed by atoms with Gasteiger partial charge in [-0.25, -0.2) is 4.99 Å². The highest BCUT2D eigenvalue weighted by Crippen LogP contribution is 2.44. The van der Waals surface area contributed by atoms with Crippen molar-refractivity contribution in [1.82, 2.24) is 0 Å². The van der Waals surface area contributed by atoms with E-state index in [4.69, 9.17) is 10.7 Å². The molecule has 144 valence electrons. The first-order chi connectivity index (χ1) is 14.6. The fraction of sp³-hybridized carbons (Fsp3) is 0. The normalized spacial score (nSPS) is 14.4. The molecular formula is C25H15Br2N3. The van der Waals surface area contributed by atoms with Gasteiger partial charge < -0.3 is 11.1 Å². The van der Waals surface area contributed by atoms with Gasteiger partial charge >= 0.3 is 0 Å². The molecular weight excluding hydrogens is 502 g/mol. The molecule has 0 saturated carbocycles. The van der Waals surface area contributed by atoms with Crippen LogP contribution in [0, 0.1) is 0 Å². The average molecular weight is 517 g/mol. The smallest absolute Gasteiger partial charge is 0.198 e. The van der Waals surface area contributed by atoms with Gasteiger partial charge in [0.25, 0.3) is 0 Å². The molecule has 0 amide bonds. The van der Waals surface area contributed by atoms with Crippen LogP contribution in [0.4, 0.5) is 11.4 Å². The van der Waals surface area contributed by atoms with Gasteiger partial charge in [0.1, 0.15) is 0 Å². The second-order valence-corrected chi connectivity index (χ2v) is 9.15. The Bertz CT molecular complexity index is 1500. The van der Waals surface area contributed by atoms with Crippen molar-refractivity contribution in [3.63, 3.8) is 0 Å². The quantitative estimate of drug-likeness (QED) is 0.214. The van der Waals surface area contributed by atoms with Crippen LogP contribution in [0.2, 0.25) is 0 Å². The lowest BCUT2D eigenvalue weighted by molar-refractivity contribution is 1.44. The Morgan fingerprint density at radius 3 is 2.03 bits per heavy atom. The maximum Gasteiger partial charge on any atom is 0.198 e. The van der Waals surface area contributed by atoms with Crippen LogP contribution in [-0.2, 0) is 0 Å². The summed E-state index contributed by atoms with van der Waals surface area (Å²) in [5.74, 6) is 0.365. The number of hydrogen-bond donors (Lipinski definition) is 2. The number of benzene rings is 4. The molecule has 30 heavy (non-hydrogen) atoms. The molecule has 2 aliphatic carbocycles. The number of hydrogen-bond acceptors (Lipinski definition) is 1. The predicted octanol–water partition coefficient (Wildman–Crippen LogP) is 7.46. The molecule has 3 N–H and O–H groups in total. The summed E-state index contributed by atoms with van der Waals surface area (Å²) in [5, 5.41) is 8.15. The second-order valence-electron chi connectivity index (χ2n) is 7.44. The molecule has 0 heterocycles.